The molecule has 0 aromatic heterocycles. The average molecular weight is 195 g/mol. The molecular weight excluding hydrogens is 181 g/mol. The fourth-order valence-electron chi connectivity index (χ4n) is 1.79. The minimum Gasteiger partial charge on any atom is -0.492 e. The van der Waals surface area contributed by atoms with Crippen LogP contribution in [0.4, 0.5) is 4.39 Å². The van der Waals surface area contributed by atoms with E-state index in [1.165, 1.54) is 6.07 Å². The molecule has 2 nitrogen and oxygen atoms in total. The number of nitrogens with two attached hydrogens (primary N) is 1. The summed E-state index contributed by atoms with van der Waals surface area (Å²) in [5.74, 6) is 0.504. The highest BCUT2D eigenvalue weighted by molar-refractivity contribution is 5.46. The quantitative estimate of drug-likeness (QED) is 0.785. The smallest absolute Gasteiger partial charge is 0.130 e. The molecule has 0 spiro atoms. The highest BCUT2D eigenvalue weighted by Crippen LogP contribution is 2.35. The Bertz CT molecular complexity index is 351. The van der Waals surface area contributed by atoms with E-state index in [-0.39, 0.29) is 11.9 Å². The summed E-state index contributed by atoms with van der Waals surface area (Å²) in [5.41, 5.74) is 7.53. The summed E-state index contributed by atoms with van der Waals surface area (Å²) in [6.07, 6.45) is 1.49. The molecule has 1 atom stereocenters. The molecule has 3 heteroatoms. The third-order valence-electron chi connectivity index (χ3n) is 2.67. The highest BCUT2D eigenvalue weighted by Gasteiger charge is 2.22. The predicted molar refractivity (Wildman–Crippen MR) is 52.8 cm³/mol. The molecule has 1 aromatic carbocycles. The molecule has 1 aromatic rings. The second-order valence-corrected chi connectivity index (χ2v) is 3.56. The number of halogens is 1. The van der Waals surface area contributed by atoms with Crippen LogP contribution < -0.4 is 10.5 Å². The Morgan fingerprint density at radius 2 is 2.36 bits per heavy atom. The maximum atomic E-state index is 13.3. The molecular formula is C11H14FNO. The van der Waals surface area contributed by atoms with Crippen molar-refractivity contribution in [2.75, 3.05) is 6.61 Å². The summed E-state index contributed by atoms with van der Waals surface area (Å²) in [7, 11) is 0. The molecule has 0 saturated heterocycles. The number of fused-ring (bicyclic) bond motifs is 1. The third-order valence-corrected chi connectivity index (χ3v) is 2.67. The molecule has 0 aliphatic carbocycles. The Labute approximate surface area is 82.9 Å². The first-order valence-corrected chi connectivity index (χ1v) is 4.93. The van der Waals surface area contributed by atoms with Crippen LogP contribution in [0.3, 0.4) is 0 Å². The zero-order valence-corrected chi connectivity index (χ0v) is 8.22. The van der Waals surface area contributed by atoms with Gasteiger partial charge in [0, 0.05) is 23.6 Å². The van der Waals surface area contributed by atoms with Gasteiger partial charge in [0.15, 0.2) is 0 Å². The van der Waals surface area contributed by atoms with E-state index in [9.17, 15) is 4.39 Å². The van der Waals surface area contributed by atoms with Crippen molar-refractivity contribution in [2.24, 2.45) is 5.73 Å². The predicted octanol–water partition coefficient (Wildman–Crippen LogP) is 2.17. The molecule has 76 valence electrons. The van der Waals surface area contributed by atoms with Crippen molar-refractivity contribution < 1.29 is 9.13 Å². The summed E-state index contributed by atoms with van der Waals surface area (Å²) >= 11 is 0. The van der Waals surface area contributed by atoms with Gasteiger partial charge >= 0.3 is 0 Å². The van der Waals surface area contributed by atoms with E-state index in [1.807, 2.05) is 6.92 Å². The van der Waals surface area contributed by atoms with Crippen LogP contribution in [0.1, 0.15) is 30.5 Å². The Balaban J connectivity index is 2.48. The second-order valence-electron chi connectivity index (χ2n) is 3.56. The van der Waals surface area contributed by atoms with Crippen molar-refractivity contribution in [3.63, 3.8) is 0 Å². The minimum absolute atomic E-state index is 0.0533. The van der Waals surface area contributed by atoms with Gasteiger partial charge < -0.3 is 10.5 Å². The van der Waals surface area contributed by atoms with Gasteiger partial charge in [-0.3, -0.25) is 0 Å². The summed E-state index contributed by atoms with van der Waals surface area (Å²) < 4.78 is 18.7. The van der Waals surface area contributed by atoms with Crippen molar-refractivity contribution in [3.05, 3.63) is 29.1 Å². The first kappa shape index (κ1) is 9.46. The molecule has 1 heterocycles. The lowest BCUT2D eigenvalue weighted by atomic mass is 10.0. The fourth-order valence-corrected chi connectivity index (χ4v) is 1.79. The maximum absolute atomic E-state index is 13.3. The van der Waals surface area contributed by atoms with Gasteiger partial charge in [0.1, 0.15) is 11.6 Å². The molecule has 0 bridgehead atoms. The number of rotatable bonds is 2. The van der Waals surface area contributed by atoms with E-state index in [0.29, 0.717) is 24.3 Å². The fraction of sp³-hybridized carbons (Fsp3) is 0.455. The van der Waals surface area contributed by atoms with Crippen LogP contribution in [0, 0.1) is 5.82 Å². The first-order valence-electron chi connectivity index (χ1n) is 4.93. The van der Waals surface area contributed by atoms with Crippen molar-refractivity contribution in [1.29, 1.82) is 0 Å². The van der Waals surface area contributed by atoms with Crippen molar-refractivity contribution in [2.45, 2.75) is 25.8 Å². The van der Waals surface area contributed by atoms with Gasteiger partial charge in [0.2, 0.25) is 0 Å². The summed E-state index contributed by atoms with van der Waals surface area (Å²) in [6.45, 7) is 2.58. The van der Waals surface area contributed by atoms with Crippen LogP contribution >= 0.6 is 0 Å². The zero-order valence-electron chi connectivity index (χ0n) is 8.22. The molecule has 14 heavy (non-hydrogen) atoms. The average Bonchev–Trinajstić information content (AvgIpc) is 2.67. The topological polar surface area (TPSA) is 35.2 Å². The molecule has 0 saturated carbocycles. The van der Waals surface area contributed by atoms with Gasteiger partial charge in [-0.05, 0) is 12.5 Å². The van der Waals surface area contributed by atoms with E-state index in [0.717, 1.165) is 12.0 Å². The number of hydrogen-bond acceptors (Lipinski definition) is 2. The lowest BCUT2D eigenvalue weighted by Crippen LogP contribution is -2.10. The number of hydrogen-bond donors (Lipinski definition) is 1. The van der Waals surface area contributed by atoms with Crippen molar-refractivity contribution >= 4 is 0 Å². The van der Waals surface area contributed by atoms with Gasteiger partial charge in [-0.2, -0.15) is 0 Å². The van der Waals surface area contributed by atoms with E-state index in [2.05, 4.69) is 0 Å². The summed E-state index contributed by atoms with van der Waals surface area (Å²) in [4.78, 5) is 0. The molecule has 2 rings (SSSR count). The van der Waals surface area contributed by atoms with E-state index in [4.69, 9.17) is 10.5 Å². The lowest BCUT2D eigenvalue weighted by Gasteiger charge is -2.13. The molecule has 1 aliphatic heterocycles. The van der Waals surface area contributed by atoms with Crippen LogP contribution in [0.15, 0.2) is 12.1 Å². The van der Waals surface area contributed by atoms with Crippen molar-refractivity contribution in [1.82, 2.24) is 0 Å². The van der Waals surface area contributed by atoms with Crippen LogP contribution in [-0.4, -0.2) is 6.61 Å². The van der Waals surface area contributed by atoms with E-state index >= 15 is 0 Å². The normalized spacial score (nSPS) is 16.2. The monoisotopic (exact) mass is 195 g/mol. The molecule has 0 fully saturated rings. The molecule has 1 aliphatic rings. The lowest BCUT2D eigenvalue weighted by molar-refractivity contribution is 0.351. The zero-order chi connectivity index (χ0) is 10.1. The second kappa shape index (κ2) is 3.58. The molecule has 0 radical (unpaired) electrons. The molecule has 0 amide bonds. The Kier molecular flexibility index (Phi) is 2.42. The van der Waals surface area contributed by atoms with Gasteiger partial charge in [0.05, 0.1) is 6.61 Å². The summed E-state index contributed by atoms with van der Waals surface area (Å²) in [5, 5.41) is 0. The molecule has 2 N–H and O–H groups in total. The Morgan fingerprint density at radius 1 is 1.57 bits per heavy atom. The van der Waals surface area contributed by atoms with Crippen LogP contribution in [0.25, 0.3) is 0 Å². The maximum Gasteiger partial charge on any atom is 0.130 e. The SMILES string of the molecule is CC[C@H](N)c1ccc(F)c2c1OCC2. The van der Waals surface area contributed by atoms with Gasteiger partial charge in [-0.25, -0.2) is 4.39 Å². The van der Waals surface area contributed by atoms with Crippen LogP contribution in [0.2, 0.25) is 0 Å². The highest BCUT2D eigenvalue weighted by atomic mass is 19.1. The molecule has 0 unspecified atom stereocenters. The Morgan fingerprint density at radius 3 is 3.07 bits per heavy atom. The third kappa shape index (κ3) is 1.38. The largest absolute Gasteiger partial charge is 0.492 e. The minimum atomic E-state index is -0.176. The van der Waals surface area contributed by atoms with E-state index < -0.39 is 0 Å². The Hall–Kier alpha value is -1.09. The number of benzene rings is 1. The number of ether oxygens (including phenoxy) is 1. The standard InChI is InChI=1S/C11H14FNO/c1-2-10(13)8-3-4-9(12)7-5-6-14-11(7)8/h3-4,10H,2,5-6,13H2,1H3/t10-/m0/s1. The van der Waals surface area contributed by atoms with Crippen LogP contribution in [-0.2, 0) is 6.42 Å². The van der Waals surface area contributed by atoms with Gasteiger partial charge in [-0.15, -0.1) is 0 Å². The first-order chi connectivity index (χ1) is 6.74. The van der Waals surface area contributed by atoms with Crippen molar-refractivity contribution in [3.8, 4) is 5.75 Å². The van der Waals surface area contributed by atoms with E-state index in [1.54, 1.807) is 6.07 Å². The van der Waals surface area contributed by atoms with Gasteiger partial charge in [0.25, 0.3) is 0 Å². The van der Waals surface area contributed by atoms with Gasteiger partial charge in [-0.1, -0.05) is 13.0 Å². The summed E-state index contributed by atoms with van der Waals surface area (Å²) in [6, 6.07) is 3.16. The van der Waals surface area contributed by atoms with Crippen LogP contribution in [0.5, 0.6) is 5.75 Å².